The zero-order valence-corrected chi connectivity index (χ0v) is 14.2. The summed E-state index contributed by atoms with van der Waals surface area (Å²) in [6.07, 6.45) is 0. The van der Waals surface area contributed by atoms with E-state index in [4.69, 9.17) is 0 Å². The molecule has 5 nitrogen and oxygen atoms in total. The second kappa shape index (κ2) is 5.96. The van der Waals surface area contributed by atoms with E-state index >= 15 is 0 Å². The molecule has 0 aliphatic rings. The fraction of sp³-hybridized carbons (Fsp3) is 0.118. The van der Waals surface area contributed by atoms with Crippen LogP contribution in [0.2, 0.25) is 0 Å². The van der Waals surface area contributed by atoms with Crippen molar-refractivity contribution >= 4 is 38.4 Å². The van der Waals surface area contributed by atoms with Gasteiger partial charge in [-0.1, -0.05) is 33.6 Å². The Morgan fingerprint density at radius 1 is 1.22 bits per heavy atom. The first-order chi connectivity index (χ1) is 11.0. The van der Waals surface area contributed by atoms with Gasteiger partial charge in [0.05, 0.1) is 5.52 Å². The van der Waals surface area contributed by atoms with E-state index in [-0.39, 0.29) is 11.6 Å². The normalized spacial score (nSPS) is 11.4. The summed E-state index contributed by atoms with van der Waals surface area (Å²) in [6, 6.07) is 12.7. The Bertz CT molecular complexity index is 944. The number of halogens is 1. The highest BCUT2D eigenvalue weighted by molar-refractivity contribution is 9.10. The monoisotopic (exact) mass is 371 g/mol. The number of rotatable bonds is 2. The lowest BCUT2D eigenvalue weighted by Gasteiger charge is -1.96. The van der Waals surface area contributed by atoms with Gasteiger partial charge >= 0.3 is 0 Å². The first-order valence-corrected chi connectivity index (χ1v) is 7.76. The highest BCUT2D eigenvalue weighted by Crippen LogP contribution is 2.39. The molecule has 0 radical (unpaired) electrons. The predicted octanol–water partition coefficient (Wildman–Crippen LogP) is 4.88. The first kappa shape index (κ1) is 15.4. The van der Waals surface area contributed by atoms with Crippen molar-refractivity contribution < 1.29 is 9.90 Å². The van der Waals surface area contributed by atoms with Crippen LogP contribution in [0.25, 0.3) is 10.9 Å². The third kappa shape index (κ3) is 2.90. The van der Waals surface area contributed by atoms with Crippen molar-refractivity contribution in [1.82, 2.24) is 4.57 Å². The summed E-state index contributed by atoms with van der Waals surface area (Å²) in [5, 5.41) is 18.7. The standard InChI is InChI=1S/C17H14BrN3O2/c1-10-4-3-5-11(8-10)16(22)20-19-15-13-9-12(18)6-7-14(13)21(2)17(15)23/h3-9,23H,1-2H3. The number of carbonyl (C=O) groups is 1. The lowest BCUT2D eigenvalue weighted by atomic mass is 10.1. The van der Waals surface area contributed by atoms with Gasteiger partial charge in [0, 0.05) is 22.5 Å². The molecule has 1 heterocycles. The minimum absolute atomic E-state index is 0.0288. The van der Waals surface area contributed by atoms with Gasteiger partial charge in [-0.15, -0.1) is 10.2 Å². The molecule has 1 amide bonds. The summed E-state index contributed by atoms with van der Waals surface area (Å²) < 4.78 is 2.46. The molecule has 0 aliphatic carbocycles. The summed E-state index contributed by atoms with van der Waals surface area (Å²) in [5.41, 5.74) is 2.53. The SMILES string of the molecule is Cc1cccc(C(=O)N=Nc2c(O)n(C)c3ccc(Br)cc23)c1. The Labute approximate surface area is 141 Å². The molecule has 1 aromatic heterocycles. The zero-order chi connectivity index (χ0) is 16.6. The molecule has 116 valence electrons. The van der Waals surface area contributed by atoms with E-state index in [9.17, 15) is 9.90 Å². The van der Waals surface area contributed by atoms with Crippen molar-refractivity contribution in [2.75, 3.05) is 0 Å². The number of carbonyl (C=O) groups excluding carboxylic acids is 1. The van der Waals surface area contributed by atoms with Crippen molar-refractivity contribution in [3.63, 3.8) is 0 Å². The molecule has 0 aliphatic heterocycles. The third-order valence-corrected chi connectivity index (χ3v) is 4.10. The Hall–Kier alpha value is -2.47. The summed E-state index contributed by atoms with van der Waals surface area (Å²) in [6.45, 7) is 1.90. The molecule has 0 saturated heterocycles. The minimum atomic E-state index is -0.444. The fourth-order valence-corrected chi connectivity index (χ4v) is 2.77. The fourth-order valence-electron chi connectivity index (χ4n) is 2.41. The molecule has 0 bridgehead atoms. The quantitative estimate of drug-likeness (QED) is 0.652. The Balaban J connectivity index is 2.03. The van der Waals surface area contributed by atoms with Gasteiger partial charge in [0.15, 0.2) is 5.69 Å². The van der Waals surface area contributed by atoms with Gasteiger partial charge < -0.3 is 9.67 Å². The van der Waals surface area contributed by atoms with Crippen LogP contribution in [0, 0.1) is 6.92 Å². The van der Waals surface area contributed by atoms with Crippen molar-refractivity contribution in [1.29, 1.82) is 0 Å². The van der Waals surface area contributed by atoms with Crippen LogP contribution in [0.1, 0.15) is 15.9 Å². The van der Waals surface area contributed by atoms with E-state index in [0.29, 0.717) is 5.56 Å². The molecule has 2 aromatic carbocycles. The second-order valence-corrected chi connectivity index (χ2v) is 6.18. The number of aromatic nitrogens is 1. The number of fused-ring (bicyclic) bond motifs is 1. The van der Waals surface area contributed by atoms with Crippen LogP contribution in [0.15, 0.2) is 57.2 Å². The van der Waals surface area contributed by atoms with E-state index in [1.807, 2.05) is 31.2 Å². The molecule has 3 rings (SSSR count). The van der Waals surface area contributed by atoms with Crippen LogP contribution in [0.5, 0.6) is 5.88 Å². The molecule has 0 fully saturated rings. The van der Waals surface area contributed by atoms with Crippen LogP contribution in [-0.2, 0) is 7.05 Å². The molecular weight excluding hydrogens is 358 g/mol. The van der Waals surface area contributed by atoms with E-state index in [2.05, 4.69) is 26.2 Å². The molecule has 6 heteroatoms. The predicted molar refractivity (Wildman–Crippen MR) is 92.3 cm³/mol. The number of nitrogens with zero attached hydrogens (tertiary/aromatic N) is 3. The van der Waals surface area contributed by atoms with Gasteiger partial charge in [-0.05, 0) is 37.3 Å². The Morgan fingerprint density at radius 3 is 2.74 bits per heavy atom. The molecule has 1 N–H and O–H groups in total. The van der Waals surface area contributed by atoms with Crippen LogP contribution in [0.3, 0.4) is 0 Å². The summed E-state index contributed by atoms with van der Waals surface area (Å²) in [4.78, 5) is 12.1. The Kier molecular flexibility index (Phi) is 4.00. The maximum absolute atomic E-state index is 12.1. The number of aromatic hydroxyl groups is 1. The third-order valence-electron chi connectivity index (χ3n) is 3.61. The maximum Gasteiger partial charge on any atom is 0.295 e. The molecular formula is C17H14BrN3O2. The summed E-state index contributed by atoms with van der Waals surface area (Å²) in [5.74, 6) is -0.473. The Morgan fingerprint density at radius 2 is 2.00 bits per heavy atom. The van der Waals surface area contributed by atoms with E-state index in [0.717, 1.165) is 20.9 Å². The van der Waals surface area contributed by atoms with Gasteiger partial charge in [-0.25, -0.2) is 0 Å². The molecule has 0 spiro atoms. The number of hydrogen-bond acceptors (Lipinski definition) is 3. The smallest absolute Gasteiger partial charge is 0.295 e. The minimum Gasteiger partial charge on any atom is -0.493 e. The van der Waals surface area contributed by atoms with Crippen LogP contribution in [0.4, 0.5) is 5.69 Å². The zero-order valence-electron chi connectivity index (χ0n) is 12.6. The van der Waals surface area contributed by atoms with Crippen LogP contribution in [-0.4, -0.2) is 15.6 Å². The lowest BCUT2D eigenvalue weighted by molar-refractivity contribution is 0.0995. The van der Waals surface area contributed by atoms with Crippen molar-refractivity contribution in [2.24, 2.45) is 17.3 Å². The van der Waals surface area contributed by atoms with E-state index in [1.54, 1.807) is 29.8 Å². The number of aryl methyl sites for hydroxylation is 2. The maximum atomic E-state index is 12.1. The molecule has 0 unspecified atom stereocenters. The van der Waals surface area contributed by atoms with Gasteiger partial charge in [-0.3, -0.25) is 4.79 Å². The van der Waals surface area contributed by atoms with Crippen LogP contribution < -0.4 is 0 Å². The first-order valence-electron chi connectivity index (χ1n) is 6.97. The molecule has 0 atom stereocenters. The largest absolute Gasteiger partial charge is 0.493 e. The average molecular weight is 372 g/mol. The topological polar surface area (TPSA) is 66.9 Å². The highest BCUT2D eigenvalue weighted by Gasteiger charge is 2.15. The number of hydrogen-bond donors (Lipinski definition) is 1. The average Bonchev–Trinajstić information content (AvgIpc) is 2.76. The molecule has 0 saturated carbocycles. The summed E-state index contributed by atoms with van der Waals surface area (Å²) >= 11 is 3.40. The summed E-state index contributed by atoms with van der Waals surface area (Å²) in [7, 11) is 1.73. The van der Waals surface area contributed by atoms with E-state index in [1.165, 1.54) is 0 Å². The van der Waals surface area contributed by atoms with Crippen molar-refractivity contribution in [3.8, 4) is 5.88 Å². The second-order valence-electron chi connectivity index (χ2n) is 5.27. The van der Waals surface area contributed by atoms with Crippen molar-refractivity contribution in [3.05, 3.63) is 58.1 Å². The van der Waals surface area contributed by atoms with Gasteiger partial charge in [0.25, 0.3) is 5.91 Å². The van der Waals surface area contributed by atoms with Gasteiger partial charge in [0.2, 0.25) is 5.88 Å². The van der Waals surface area contributed by atoms with Gasteiger partial charge in [0.1, 0.15) is 0 Å². The number of amides is 1. The van der Waals surface area contributed by atoms with Crippen LogP contribution >= 0.6 is 15.9 Å². The van der Waals surface area contributed by atoms with E-state index < -0.39 is 5.91 Å². The lowest BCUT2D eigenvalue weighted by Crippen LogP contribution is -1.93. The number of benzene rings is 2. The van der Waals surface area contributed by atoms with Crippen molar-refractivity contribution in [2.45, 2.75) is 6.92 Å². The highest BCUT2D eigenvalue weighted by atomic mass is 79.9. The molecule has 3 aromatic rings. The van der Waals surface area contributed by atoms with Gasteiger partial charge in [-0.2, -0.15) is 0 Å². The number of azo groups is 1. The molecule has 23 heavy (non-hydrogen) atoms.